The standard InChI is InChI=1S/C15H20ClFN2O2/c1-15(2,3)21-14(20)19-7-6-12(18)13-9(8-19)11(17)5-4-10(13)16/h4-5,12H,6-8,18H2,1-3H3/t12-/m0/s1. The molecule has 0 fully saturated rings. The lowest BCUT2D eigenvalue weighted by atomic mass is 9.99. The fourth-order valence-corrected chi connectivity index (χ4v) is 2.68. The van der Waals surface area contributed by atoms with E-state index in [-0.39, 0.29) is 6.54 Å². The summed E-state index contributed by atoms with van der Waals surface area (Å²) < 4.78 is 19.4. The molecule has 1 aromatic rings. The maximum Gasteiger partial charge on any atom is 0.410 e. The minimum atomic E-state index is -0.596. The van der Waals surface area contributed by atoms with Crippen molar-refractivity contribution in [3.8, 4) is 0 Å². The molecule has 1 heterocycles. The highest BCUT2D eigenvalue weighted by Gasteiger charge is 2.29. The molecule has 1 amide bonds. The topological polar surface area (TPSA) is 55.6 Å². The van der Waals surface area contributed by atoms with Crippen LogP contribution in [0, 0.1) is 5.82 Å². The van der Waals surface area contributed by atoms with Crippen LogP contribution in [0.5, 0.6) is 0 Å². The van der Waals surface area contributed by atoms with E-state index >= 15 is 0 Å². The van der Waals surface area contributed by atoms with Crippen molar-refractivity contribution in [1.29, 1.82) is 0 Å². The molecule has 0 bridgehead atoms. The highest BCUT2D eigenvalue weighted by Crippen LogP contribution is 2.33. The first-order valence-electron chi connectivity index (χ1n) is 6.89. The molecule has 1 aliphatic rings. The Morgan fingerprint density at radius 1 is 1.48 bits per heavy atom. The Balaban J connectivity index is 2.31. The van der Waals surface area contributed by atoms with E-state index in [2.05, 4.69) is 0 Å². The van der Waals surface area contributed by atoms with Crippen LogP contribution in [0.4, 0.5) is 9.18 Å². The summed E-state index contributed by atoms with van der Waals surface area (Å²) >= 11 is 6.13. The van der Waals surface area contributed by atoms with Crippen molar-refractivity contribution in [3.05, 3.63) is 34.1 Å². The molecule has 1 atom stereocenters. The third kappa shape index (κ3) is 3.66. The van der Waals surface area contributed by atoms with Crippen molar-refractivity contribution in [3.63, 3.8) is 0 Å². The SMILES string of the molecule is CC(C)(C)OC(=O)N1CC[C@H](N)c2c(Cl)ccc(F)c2C1. The lowest BCUT2D eigenvalue weighted by Gasteiger charge is -2.26. The van der Waals surface area contributed by atoms with E-state index in [1.807, 2.05) is 0 Å². The second-order valence-electron chi connectivity index (χ2n) is 6.22. The van der Waals surface area contributed by atoms with Crippen LogP contribution in [-0.4, -0.2) is 23.1 Å². The number of rotatable bonds is 0. The molecule has 0 spiro atoms. The number of benzene rings is 1. The number of hydrogen-bond acceptors (Lipinski definition) is 3. The van der Waals surface area contributed by atoms with E-state index in [1.54, 1.807) is 20.8 Å². The van der Waals surface area contributed by atoms with Crippen LogP contribution in [0.1, 0.15) is 44.4 Å². The lowest BCUT2D eigenvalue weighted by Crippen LogP contribution is -2.36. The number of ether oxygens (including phenoxy) is 1. The Labute approximate surface area is 129 Å². The predicted octanol–water partition coefficient (Wildman–Crippen LogP) is 3.62. The van der Waals surface area contributed by atoms with Gasteiger partial charge in [-0.15, -0.1) is 0 Å². The van der Waals surface area contributed by atoms with Gasteiger partial charge in [0.2, 0.25) is 0 Å². The number of nitrogens with two attached hydrogens (primary N) is 1. The van der Waals surface area contributed by atoms with E-state index in [0.29, 0.717) is 29.1 Å². The van der Waals surface area contributed by atoms with E-state index in [0.717, 1.165) is 0 Å². The Kier molecular flexibility index (Phi) is 4.44. The van der Waals surface area contributed by atoms with Crippen molar-refractivity contribution in [2.24, 2.45) is 5.73 Å². The number of nitrogens with zero attached hydrogens (tertiary/aromatic N) is 1. The molecule has 1 aliphatic heterocycles. The molecule has 116 valence electrons. The second kappa shape index (κ2) is 5.81. The summed E-state index contributed by atoms with van der Waals surface area (Å²) in [6.07, 6.45) is 0.0389. The van der Waals surface area contributed by atoms with Gasteiger partial charge in [0.05, 0.1) is 6.54 Å². The molecule has 1 aromatic carbocycles. The maximum absolute atomic E-state index is 14.1. The first-order chi connectivity index (χ1) is 9.69. The van der Waals surface area contributed by atoms with Gasteiger partial charge in [-0.1, -0.05) is 11.6 Å². The average Bonchev–Trinajstić information content (AvgIpc) is 2.52. The van der Waals surface area contributed by atoms with Crippen LogP contribution >= 0.6 is 11.6 Å². The van der Waals surface area contributed by atoms with Gasteiger partial charge in [0.25, 0.3) is 0 Å². The normalized spacial score (nSPS) is 19.0. The van der Waals surface area contributed by atoms with Gasteiger partial charge in [0.15, 0.2) is 0 Å². The number of carbonyl (C=O) groups excluding carboxylic acids is 1. The Morgan fingerprint density at radius 3 is 2.76 bits per heavy atom. The maximum atomic E-state index is 14.1. The summed E-state index contributed by atoms with van der Waals surface area (Å²) in [5, 5.41) is 0.435. The molecule has 0 aliphatic carbocycles. The van der Waals surface area contributed by atoms with E-state index in [9.17, 15) is 9.18 Å². The molecule has 4 nitrogen and oxygen atoms in total. The molecule has 0 aromatic heterocycles. The molecule has 2 N–H and O–H groups in total. The number of halogens is 2. The van der Waals surface area contributed by atoms with Gasteiger partial charge >= 0.3 is 6.09 Å². The van der Waals surface area contributed by atoms with Gasteiger partial charge in [-0.3, -0.25) is 0 Å². The zero-order valence-corrected chi connectivity index (χ0v) is 13.2. The molecule has 0 radical (unpaired) electrons. The van der Waals surface area contributed by atoms with Crippen LogP contribution in [0.3, 0.4) is 0 Å². The van der Waals surface area contributed by atoms with Gasteiger partial charge in [-0.2, -0.15) is 0 Å². The summed E-state index contributed by atoms with van der Waals surface area (Å²) in [6, 6.07) is 2.40. The highest BCUT2D eigenvalue weighted by molar-refractivity contribution is 6.31. The van der Waals surface area contributed by atoms with Gasteiger partial charge in [0.1, 0.15) is 11.4 Å². The van der Waals surface area contributed by atoms with E-state index < -0.39 is 23.6 Å². The minimum absolute atomic E-state index is 0.115. The summed E-state index contributed by atoms with van der Waals surface area (Å²) in [4.78, 5) is 13.7. The number of hydrogen-bond donors (Lipinski definition) is 1. The molecule has 2 rings (SSSR count). The third-order valence-corrected chi connectivity index (χ3v) is 3.66. The van der Waals surface area contributed by atoms with Gasteiger partial charge in [-0.05, 0) is 44.9 Å². The molecule has 6 heteroatoms. The number of amides is 1. The fourth-order valence-electron chi connectivity index (χ4n) is 2.36. The summed E-state index contributed by atoms with van der Waals surface area (Å²) in [5.74, 6) is -0.402. The zero-order valence-electron chi connectivity index (χ0n) is 12.5. The van der Waals surface area contributed by atoms with Crippen LogP contribution in [0.15, 0.2) is 12.1 Å². The van der Waals surface area contributed by atoms with Crippen molar-refractivity contribution in [2.75, 3.05) is 6.54 Å². The summed E-state index contributed by atoms with van der Waals surface area (Å²) in [5.41, 5.74) is 6.44. The zero-order chi connectivity index (χ0) is 15.8. The van der Waals surface area contributed by atoms with Crippen LogP contribution in [0.25, 0.3) is 0 Å². The van der Waals surface area contributed by atoms with Gasteiger partial charge < -0.3 is 15.4 Å². The van der Waals surface area contributed by atoms with Crippen LogP contribution in [-0.2, 0) is 11.3 Å². The number of fused-ring (bicyclic) bond motifs is 1. The monoisotopic (exact) mass is 314 g/mol. The second-order valence-corrected chi connectivity index (χ2v) is 6.63. The van der Waals surface area contributed by atoms with E-state index in [1.165, 1.54) is 17.0 Å². The molecule has 0 saturated carbocycles. The molecule has 0 saturated heterocycles. The first-order valence-corrected chi connectivity index (χ1v) is 7.27. The summed E-state index contributed by atoms with van der Waals surface area (Å²) in [6.45, 7) is 5.89. The Bertz CT molecular complexity index is 557. The Morgan fingerprint density at radius 2 is 2.14 bits per heavy atom. The van der Waals surface area contributed by atoms with Crippen molar-refractivity contribution >= 4 is 17.7 Å². The largest absolute Gasteiger partial charge is 0.444 e. The number of carbonyl (C=O) groups is 1. The predicted molar refractivity (Wildman–Crippen MR) is 79.6 cm³/mol. The Hall–Kier alpha value is -1.33. The smallest absolute Gasteiger partial charge is 0.410 e. The third-order valence-electron chi connectivity index (χ3n) is 3.33. The van der Waals surface area contributed by atoms with E-state index in [4.69, 9.17) is 22.1 Å². The quantitative estimate of drug-likeness (QED) is 0.795. The molecular formula is C15H20ClFN2O2. The van der Waals surface area contributed by atoms with Gasteiger partial charge in [-0.25, -0.2) is 9.18 Å². The summed E-state index contributed by atoms with van der Waals surface area (Å²) in [7, 11) is 0. The fraction of sp³-hybridized carbons (Fsp3) is 0.533. The minimum Gasteiger partial charge on any atom is -0.444 e. The average molecular weight is 315 g/mol. The highest BCUT2D eigenvalue weighted by atomic mass is 35.5. The van der Waals surface area contributed by atoms with Crippen molar-refractivity contribution in [2.45, 2.75) is 45.4 Å². The molecular weight excluding hydrogens is 295 g/mol. The molecule has 21 heavy (non-hydrogen) atoms. The van der Waals surface area contributed by atoms with Crippen molar-refractivity contribution < 1.29 is 13.9 Å². The molecule has 0 unspecified atom stereocenters. The van der Waals surface area contributed by atoms with Gasteiger partial charge in [0, 0.05) is 23.2 Å². The van der Waals surface area contributed by atoms with Crippen LogP contribution < -0.4 is 5.73 Å². The van der Waals surface area contributed by atoms with Crippen LogP contribution in [0.2, 0.25) is 5.02 Å². The van der Waals surface area contributed by atoms with Crippen molar-refractivity contribution in [1.82, 2.24) is 4.90 Å². The lowest BCUT2D eigenvalue weighted by molar-refractivity contribution is 0.0233. The first kappa shape index (κ1) is 16.0.